The van der Waals surface area contributed by atoms with E-state index in [1.807, 2.05) is 10.3 Å². The Morgan fingerprint density at radius 3 is 3.07 bits per heavy atom. The number of likely N-dealkylation sites (tertiary alicyclic amines) is 1. The van der Waals surface area contributed by atoms with E-state index in [0.717, 1.165) is 5.01 Å². The van der Waals surface area contributed by atoms with Crippen LogP contribution in [0.3, 0.4) is 0 Å². The molecule has 1 saturated heterocycles. The number of aldehydes is 1. The van der Waals surface area contributed by atoms with Crippen molar-refractivity contribution in [3.8, 4) is 0 Å². The van der Waals surface area contributed by atoms with Gasteiger partial charge in [-0.15, -0.1) is 11.3 Å². The SMILES string of the molecule is CCOC(=O)C1=C(CN2CC(F)CCC2COCC=O)NC(c2nccs2)=NC1. The van der Waals surface area contributed by atoms with Gasteiger partial charge in [-0.2, -0.15) is 0 Å². The van der Waals surface area contributed by atoms with Crippen LogP contribution in [-0.4, -0.2) is 79.6 Å². The lowest BCUT2D eigenvalue weighted by molar-refractivity contribution is -0.138. The minimum absolute atomic E-state index is 0.0132. The Kier molecular flexibility index (Phi) is 7.84. The quantitative estimate of drug-likeness (QED) is 0.363. The number of carbonyl (C=O) groups is 2. The third-order valence-corrected chi connectivity index (χ3v) is 5.58. The largest absolute Gasteiger partial charge is 0.463 e. The molecule has 1 aromatic heterocycles. The molecule has 0 saturated carbocycles. The van der Waals surface area contributed by atoms with Crippen molar-refractivity contribution in [1.29, 1.82) is 0 Å². The number of aromatic nitrogens is 1. The number of piperidine rings is 1. The molecule has 1 aromatic rings. The number of carbonyl (C=O) groups excluding carboxylic acids is 2. The van der Waals surface area contributed by atoms with E-state index < -0.39 is 12.1 Å². The summed E-state index contributed by atoms with van der Waals surface area (Å²) in [5, 5.41) is 5.78. The maximum absolute atomic E-state index is 14.1. The molecule has 2 aliphatic heterocycles. The van der Waals surface area contributed by atoms with Gasteiger partial charge in [0.1, 0.15) is 19.1 Å². The van der Waals surface area contributed by atoms with Gasteiger partial charge in [-0.3, -0.25) is 9.89 Å². The lowest BCUT2D eigenvalue weighted by Gasteiger charge is -2.38. The number of esters is 1. The summed E-state index contributed by atoms with van der Waals surface area (Å²) in [5.74, 6) is 0.158. The molecule has 10 heteroatoms. The lowest BCUT2D eigenvalue weighted by Crippen LogP contribution is -2.49. The molecule has 3 heterocycles. The summed E-state index contributed by atoms with van der Waals surface area (Å²) >= 11 is 1.44. The topological polar surface area (TPSA) is 93.1 Å². The number of aliphatic imine (C=N–C) groups is 1. The van der Waals surface area contributed by atoms with Crippen LogP contribution in [0.2, 0.25) is 0 Å². The first kappa shape index (κ1) is 21.5. The Hall–Kier alpha value is -2.17. The number of hydrogen-bond donors (Lipinski definition) is 1. The van der Waals surface area contributed by atoms with E-state index in [0.29, 0.717) is 49.4 Å². The number of amidine groups is 1. The number of ether oxygens (including phenoxy) is 2. The average molecular weight is 424 g/mol. The minimum atomic E-state index is -0.945. The molecule has 29 heavy (non-hydrogen) atoms. The van der Waals surface area contributed by atoms with Gasteiger partial charge in [-0.1, -0.05) is 0 Å². The van der Waals surface area contributed by atoms with Gasteiger partial charge in [0.15, 0.2) is 10.8 Å². The summed E-state index contributed by atoms with van der Waals surface area (Å²) in [6.07, 6.45) is 2.52. The zero-order valence-corrected chi connectivity index (χ0v) is 17.1. The van der Waals surface area contributed by atoms with Crippen LogP contribution in [0.1, 0.15) is 24.8 Å². The lowest BCUT2D eigenvalue weighted by atomic mass is 10.0. The van der Waals surface area contributed by atoms with E-state index in [4.69, 9.17) is 9.47 Å². The van der Waals surface area contributed by atoms with E-state index in [-0.39, 0.29) is 32.3 Å². The summed E-state index contributed by atoms with van der Waals surface area (Å²) in [4.78, 5) is 33.6. The third-order valence-electron chi connectivity index (χ3n) is 4.81. The fourth-order valence-corrected chi connectivity index (χ4v) is 4.00. The van der Waals surface area contributed by atoms with Crippen LogP contribution >= 0.6 is 11.3 Å². The van der Waals surface area contributed by atoms with Crippen molar-refractivity contribution >= 4 is 29.4 Å². The van der Waals surface area contributed by atoms with E-state index in [9.17, 15) is 14.0 Å². The maximum Gasteiger partial charge on any atom is 0.337 e. The van der Waals surface area contributed by atoms with Gasteiger partial charge >= 0.3 is 5.97 Å². The molecule has 0 spiro atoms. The highest BCUT2D eigenvalue weighted by atomic mass is 32.1. The average Bonchev–Trinajstić information content (AvgIpc) is 3.25. The molecule has 1 fully saturated rings. The third kappa shape index (κ3) is 5.68. The van der Waals surface area contributed by atoms with Crippen LogP contribution in [0.25, 0.3) is 0 Å². The smallest absolute Gasteiger partial charge is 0.337 e. The highest BCUT2D eigenvalue weighted by Crippen LogP contribution is 2.23. The molecular formula is C19H25FN4O4S. The van der Waals surface area contributed by atoms with Crippen molar-refractivity contribution < 1.29 is 23.5 Å². The second-order valence-electron chi connectivity index (χ2n) is 6.77. The molecule has 0 amide bonds. The van der Waals surface area contributed by atoms with Crippen LogP contribution in [0.4, 0.5) is 4.39 Å². The van der Waals surface area contributed by atoms with E-state index in [1.165, 1.54) is 11.3 Å². The Labute approximate surface area is 172 Å². The van der Waals surface area contributed by atoms with E-state index in [2.05, 4.69) is 15.3 Å². The second kappa shape index (κ2) is 10.6. The Balaban J connectivity index is 1.79. The van der Waals surface area contributed by atoms with E-state index >= 15 is 0 Å². The molecule has 0 aromatic carbocycles. The highest BCUT2D eigenvalue weighted by Gasteiger charge is 2.32. The number of nitrogens with one attached hydrogen (secondary N) is 1. The van der Waals surface area contributed by atoms with Crippen LogP contribution in [0, 0.1) is 0 Å². The van der Waals surface area contributed by atoms with Crippen molar-refractivity contribution in [3.05, 3.63) is 27.9 Å². The predicted octanol–water partition coefficient (Wildman–Crippen LogP) is 1.33. The fraction of sp³-hybridized carbons (Fsp3) is 0.579. The molecule has 8 nitrogen and oxygen atoms in total. The number of rotatable bonds is 9. The molecule has 2 unspecified atom stereocenters. The van der Waals surface area contributed by atoms with Gasteiger partial charge in [0.2, 0.25) is 0 Å². The standard InChI is InChI=1S/C19H25FN4O4S/c1-2-28-19(26)15-9-22-17(18-21-5-8-29-18)23-16(15)11-24-10-13(20)3-4-14(24)12-27-7-6-25/h5-6,8,13-14H,2-4,7,9-12H2,1H3,(H,22,23). The summed E-state index contributed by atoms with van der Waals surface area (Å²) in [6, 6.07) is -0.0399. The number of thiazole rings is 1. The first-order valence-corrected chi connectivity index (χ1v) is 10.5. The van der Waals surface area contributed by atoms with Gasteiger partial charge in [0.05, 0.1) is 25.3 Å². The van der Waals surface area contributed by atoms with Crippen molar-refractivity contribution in [2.24, 2.45) is 4.99 Å². The highest BCUT2D eigenvalue weighted by molar-refractivity contribution is 7.11. The number of alkyl halides is 1. The molecule has 0 bridgehead atoms. The summed E-state index contributed by atoms with van der Waals surface area (Å²) < 4.78 is 24.7. The number of hydrogen-bond acceptors (Lipinski definition) is 9. The van der Waals surface area contributed by atoms with Crippen molar-refractivity contribution in [1.82, 2.24) is 15.2 Å². The van der Waals surface area contributed by atoms with Crippen LogP contribution in [0.15, 0.2) is 27.8 Å². The molecule has 2 atom stereocenters. The first-order valence-electron chi connectivity index (χ1n) is 9.62. The number of nitrogens with zero attached hydrogens (tertiary/aromatic N) is 3. The van der Waals surface area contributed by atoms with Crippen LogP contribution < -0.4 is 5.32 Å². The van der Waals surface area contributed by atoms with Crippen molar-refractivity contribution in [3.63, 3.8) is 0 Å². The Bertz CT molecular complexity index is 768. The first-order chi connectivity index (χ1) is 14.1. The molecular weight excluding hydrogens is 399 g/mol. The second-order valence-corrected chi connectivity index (χ2v) is 7.66. The Morgan fingerprint density at radius 2 is 2.34 bits per heavy atom. The summed E-state index contributed by atoms with van der Waals surface area (Å²) in [7, 11) is 0. The molecule has 158 valence electrons. The van der Waals surface area contributed by atoms with Crippen LogP contribution in [-0.2, 0) is 19.1 Å². The molecule has 3 rings (SSSR count). The molecule has 0 aliphatic carbocycles. The van der Waals surface area contributed by atoms with Gasteiger partial charge in [-0.25, -0.2) is 14.2 Å². The molecule has 1 N–H and O–H groups in total. The van der Waals surface area contributed by atoms with Crippen molar-refractivity contribution in [2.45, 2.75) is 32.0 Å². The summed E-state index contributed by atoms with van der Waals surface area (Å²) in [6.45, 7) is 3.10. The zero-order chi connectivity index (χ0) is 20.6. The Morgan fingerprint density at radius 1 is 1.48 bits per heavy atom. The van der Waals surface area contributed by atoms with E-state index in [1.54, 1.807) is 13.1 Å². The van der Waals surface area contributed by atoms with Crippen LogP contribution in [0.5, 0.6) is 0 Å². The van der Waals surface area contributed by atoms with Gasteiger partial charge in [0, 0.05) is 36.4 Å². The summed E-state index contributed by atoms with van der Waals surface area (Å²) in [5.41, 5.74) is 1.07. The molecule has 0 radical (unpaired) electrons. The van der Waals surface area contributed by atoms with Crippen molar-refractivity contribution in [2.75, 3.05) is 39.5 Å². The van der Waals surface area contributed by atoms with Gasteiger partial charge in [0.25, 0.3) is 0 Å². The zero-order valence-electron chi connectivity index (χ0n) is 16.3. The minimum Gasteiger partial charge on any atom is -0.463 e. The predicted molar refractivity (Wildman–Crippen MR) is 107 cm³/mol. The number of halogens is 1. The monoisotopic (exact) mass is 424 g/mol. The fourth-order valence-electron chi connectivity index (χ4n) is 3.40. The maximum atomic E-state index is 14.1. The van der Waals surface area contributed by atoms with Gasteiger partial charge < -0.3 is 19.6 Å². The molecule has 2 aliphatic rings. The van der Waals surface area contributed by atoms with Gasteiger partial charge in [-0.05, 0) is 19.8 Å². The normalized spacial score (nSPS) is 22.8.